The van der Waals surface area contributed by atoms with Crippen LogP contribution in [0.15, 0.2) is 9.84 Å². The average molecular weight is 242 g/mol. The van der Waals surface area contributed by atoms with Crippen LogP contribution in [0.2, 0.25) is 0 Å². The molecule has 0 heterocycles. The third-order valence-electron chi connectivity index (χ3n) is 0.689. The van der Waals surface area contributed by atoms with Crippen LogP contribution in [0.3, 0.4) is 0 Å². The number of ether oxygens (including phenoxy) is 1. The van der Waals surface area contributed by atoms with E-state index in [2.05, 4.69) is 4.74 Å². The molecule has 0 spiro atoms. The van der Waals surface area contributed by atoms with Crippen molar-refractivity contribution in [3.05, 3.63) is 9.84 Å². The maximum atomic E-state index is 9.86. The van der Waals surface area contributed by atoms with Crippen LogP contribution >= 0.6 is 22.6 Å². The van der Waals surface area contributed by atoms with E-state index in [1.807, 2.05) is 29.5 Å². The van der Waals surface area contributed by atoms with E-state index in [-0.39, 0.29) is 0 Å². The van der Waals surface area contributed by atoms with Crippen LogP contribution in [0.1, 0.15) is 13.3 Å². The molecule has 0 unspecified atom stereocenters. The van der Waals surface area contributed by atoms with Gasteiger partial charge in [-0.25, -0.2) is 4.79 Å². The predicted molar refractivity (Wildman–Crippen MR) is 41.5 cm³/mol. The summed E-state index contributed by atoms with van der Waals surface area (Å²) >= 11 is 1.93. The second kappa shape index (κ2) is 4.60. The molecule has 0 amide bonds. The minimum atomic E-state index is -1.25. The summed E-state index contributed by atoms with van der Waals surface area (Å²) in [5.74, 6) is 0.475. The molecule has 0 fully saturated rings. The Kier molecular flexibility index (Phi) is 4.47. The first-order valence-electron chi connectivity index (χ1n) is 2.40. The van der Waals surface area contributed by atoms with Gasteiger partial charge in [0.15, 0.2) is 0 Å². The molecule has 52 valence electrons. The molecule has 3 nitrogen and oxygen atoms in total. The van der Waals surface area contributed by atoms with Gasteiger partial charge in [-0.3, -0.25) is 0 Å². The van der Waals surface area contributed by atoms with Crippen molar-refractivity contribution in [2.75, 3.05) is 0 Å². The molecule has 1 N–H and O–H groups in total. The molecule has 0 aliphatic heterocycles. The molecule has 9 heavy (non-hydrogen) atoms. The van der Waals surface area contributed by atoms with Crippen molar-refractivity contribution in [2.45, 2.75) is 13.3 Å². The Labute approximate surface area is 66.8 Å². The fourth-order valence-corrected chi connectivity index (χ4v) is 0.851. The first-order chi connectivity index (χ1) is 4.20. The van der Waals surface area contributed by atoms with Gasteiger partial charge in [0, 0.05) is 10.5 Å². The van der Waals surface area contributed by atoms with E-state index in [9.17, 15) is 4.79 Å². The Balaban J connectivity index is 3.71. The molecule has 0 radical (unpaired) electrons. The van der Waals surface area contributed by atoms with Gasteiger partial charge in [0.05, 0.1) is 0 Å². The van der Waals surface area contributed by atoms with E-state index in [0.717, 1.165) is 0 Å². The van der Waals surface area contributed by atoms with Crippen molar-refractivity contribution in [2.24, 2.45) is 0 Å². The van der Waals surface area contributed by atoms with Crippen molar-refractivity contribution < 1.29 is 14.6 Å². The Morgan fingerprint density at radius 2 is 2.44 bits per heavy atom. The molecular formula is C5H7IO3. The van der Waals surface area contributed by atoms with E-state index < -0.39 is 6.16 Å². The molecule has 0 atom stereocenters. The van der Waals surface area contributed by atoms with Gasteiger partial charge in [0.25, 0.3) is 0 Å². The predicted octanol–water partition coefficient (Wildman–Crippen LogP) is 2.37. The summed E-state index contributed by atoms with van der Waals surface area (Å²) < 4.78 is 5.92. The van der Waals surface area contributed by atoms with Gasteiger partial charge in [0.1, 0.15) is 5.76 Å². The summed E-state index contributed by atoms with van der Waals surface area (Å²) in [6.07, 6.45) is -0.644. The van der Waals surface area contributed by atoms with Gasteiger partial charge in [-0.15, -0.1) is 0 Å². The smallest absolute Gasteiger partial charge is 0.449 e. The maximum absolute atomic E-state index is 9.86. The lowest BCUT2D eigenvalue weighted by Crippen LogP contribution is -1.98. The fraction of sp³-hybridized carbons (Fsp3) is 0.400. The summed E-state index contributed by atoms with van der Waals surface area (Å²) in [5, 5.41) is 8.08. The second-order valence-corrected chi connectivity index (χ2v) is 1.92. The highest BCUT2D eigenvalue weighted by molar-refractivity contribution is 14.1. The van der Waals surface area contributed by atoms with Crippen LogP contribution in [0.25, 0.3) is 0 Å². The molecule has 0 aliphatic carbocycles. The van der Waals surface area contributed by atoms with Crippen molar-refractivity contribution >= 4 is 28.7 Å². The lowest BCUT2D eigenvalue weighted by molar-refractivity contribution is 0.117. The van der Waals surface area contributed by atoms with Crippen molar-refractivity contribution in [3.8, 4) is 0 Å². The highest BCUT2D eigenvalue weighted by Gasteiger charge is 1.98. The first-order valence-corrected chi connectivity index (χ1v) is 3.65. The highest BCUT2D eigenvalue weighted by atomic mass is 127. The summed E-state index contributed by atoms with van der Waals surface area (Å²) in [6.45, 7) is 1.83. The highest BCUT2D eigenvalue weighted by Crippen LogP contribution is 2.05. The van der Waals surface area contributed by atoms with Crippen molar-refractivity contribution in [3.63, 3.8) is 0 Å². The largest absolute Gasteiger partial charge is 0.511 e. The average Bonchev–Trinajstić information content (AvgIpc) is 1.82. The molecule has 0 saturated carbocycles. The summed E-state index contributed by atoms with van der Waals surface area (Å²) in [7, 11) is 0. The number of halogens is 1. The normalized spacial score (nSPS) is 11.1. The van der Waals surface area contributed by atoms with Gasteiger partial charge in [-0.1, -0.05) is 6.92 Å². The number of carboxylic acid groups (broad SMARTS) is 1. The van der Waals surface area contributed by atoms with Gasteiger partial charge in [-0.05, 0) is 22.6 Å². The molecule has 0 aromatic rings. The zero-order valence-corrected chi connectivity index (χ0v) is 7.08. The minimum Gasteiger partial charge on any atom is -0.449 e. The van der Waals surface area contributed by atoms with Gasteiger partial charge in [-0.2, -0.15) is 0 Å². The van der Waals surface area contributed by atoms with Crippen LogP contribution in [0.5, 0.6) is 0 Å². The Morgan fingerprint density at radius 3 is 2.56 bits per heavy atom. The Hall–Kier alpha value is -0.260. The monoisotopic (exact) mass is 242 g/mol. The molecule has 0 aliphatic rings. The topological polar surface area (TPSA) is 46.5 Å². The van der Waals surface area contributed by atoms with Crippen LogP contribution < -0.4 is 0 Å². The number of carbonyl (C=O) groups is 1. The number of hydrogen-bond donors (Lipinski definition) is 1. The van der Waals surface area contributed by atoms with E-state index in [0.29, 0.717) is 12.2 Å². The van der Waals surface area contributed by atoms with E-state index in [4.69, 9.17) is 5.11 Å². The lowest BCUT2D eigenvalue weighted by atomic mass is 10.4. The number of allylic oxidation sites excluding steroid dienone is 1. The quantitative estimate of drug-likeness (QED) is 0.459. The van der Waals surface area contributed by atoms with Crippen LogP contribution in [0.4, 0.5) is 4.79 Å². The van der Waals surface area contributed by atoms with Crippen LogP contribution in [-0.2, 0) is 4.74 Å². The third kappa shape index (κ3) is 4.26. The molecule has 0 rings (SSSR count). The van der Waals surface area contributed by atoms with Gasteiger partial charge < -0.3 is 9.84 Å². The third-order valence-corrected chi connectivity index (χ3v) is 1.38. The summed E-state index contributed by atoms with van der Waals surface area (Å²) in [5.41, 5.74) is 0. The maximum Gasteiger partial charge on any atom is 0.511 e. The molecule has 0 bridgehead atoms. The van der Waals surface area contributed by atoms with E-state index >= 15 is 0 Å². The van der Waals surface area contributed by atoms with Crippen LogP contribution in [0, 0.1) is 0 Å². The minimum absolute atomic E-state index is 0.475. The van der Waals surface area contributed by atoms with Crippen molar-refractivity contribution in [1.82, 2.24) is 0 Å². The molecular weight excluding hydrogens is 235 g/mol. The van der Waals surface area contributed by atoms with E-state index in [1.54, 1.807) is 4.08 Å². The Bertz CT molecular complexity index is 130. The molecule has 4 heteroatoms. The van der Waals surface area contributed by atoms with Crippen molar-refractivity contribution in [1.29, 1.82) is 0 Å². The fourth-order valence-electron chi connectivity index (χ4n) is 0.284. The van der Waals surface area contributed by atoms with E-state index in [1.165, 1.54) is 0 Å². The summed E-state index contributed by atoms with van der Waals surface area (Å²) in [6, 6.07) is 0. The number of rotatable bonds is 2. The molecule has 0 saturated heterocycles. The zero-order chi connectivity index (χ0) is 7.28. The zero-order valence-electron chi connectivity index (χ0n) is 4.93. The van der Waals surface area contributed by atoms with Gasteiger partial charge in [0.2, 0.25) is 0 Å². The SMILES string of the molecule is CC/C(=C/I)OC(=O)O. The Morgan fingerprint density at radius 1 is 1.89 bits per heavy atom. The molecule has 0 aromatic heterocycles. The van der Waals surface area contributed by atoms with Crippen LogP contribution in [-0.4, -0.2) is 11.3 Å². The van der Waals surface area contributed by atoms with Gasteiger partial charge >= 0.3 is 6.16 Å². The lowest BCUT2D eigenvalue weighted by Gasteiger charge is -1.98. The first kappa shape index (κ1) is 8.74. The summed E-state index contributed by atoms with van der Waals surface area (Å²) in [4.78, 5) is 9.86. The second-order valence-electron chi connectivity index (χ2n) is 1.30. The molecule has 0 aromatic carbocycles. The standard InChI is InChI=1S/C5H7IO3/c1-2-4(3-6)9-5(7)8/h3H,2H2,1H3,(H,7,8)/b4-3-. The number of hydrogen-bond acceptors (Lipinski definition) is 2.